The summed E-state index contributed by atoms with van der Waals surface area (Å²) < 4.78 is 5.09. The number of thiol groups is 1. The van der Waals surface area contributed by atoms with Gasteiger partial charge >= 0.3 is 6.09 Å². The lowest BCUT2D eigenvalue weighted by Crippen LogP contribution is -2.37. The minimum absolute atomic E-state index is 0.285. The lowest BCUT2D eigenvalue weighted by atomic mass is 10.0. The van der Waals surface area contributed by atoms with Gasteiger partial charge in [0.2, 0.25) is 0 Å². The molecule has 0 bridgehead atoms. The van der Waals surface area contributed by atoms with E-state index < -0.39 is 0 Å². The average Bonchev–Trinajstić information content (AvgIpc) is 2.58. The molecule has 0 atom stereocenters. The van der Waals surface area contributed by atoms with E-state index in [4.69, 9.17) is 4.74 Å². The molecule has 2 aromatic rings. The van der Waals surface area contributed by atoms with Crippen molar-refractivity contribution in [3.8, 4) is 0 Å². The Morgan fingerprint density at radius 1 is 1.30 bits per heavy atom. The molecule has 0 saturated carbocycles. The Bertz CT molecular complexity index is 706. The summed E-state index contributed by atoms with van der Waals surface area (Å²) in [4.78, 5) is 14.5. The second kappa shape index (κ2) is 7.00. The summed E-state index contributed by atoms with van der Waals surface area (Å²) >= 11 is 4.66. The maximum Gasteiger partial charge on any atom is 0.410 e. The number of carbonyl (C=O) groups is 1. The number of hydrogen-bond acceptors (Lipinski definition) is 5. The number of benzene rings is 1. The molecule has 1 aromatic carbocycles. The van der Waals surface area contributed by atoms with E-state index in [9.17, 15) is 4.79 Å². The predicted molar refractivity (Wildman–Crippen MR) is 89.7 cm³/mol. The highest BCUT2D eigenvalue weighted by Gasteiger charge is 2.25. The van der Waals surface area contributed by atoms with Gasteiger partial charge in [0.25, 0.3) is 0 Å². The zero-order chi connectivity index (χ0) is 16.2. The van der Waals surface area contributed by atoms with E-state index in [2.05, 4.69) is 35.0 Å². The molecule has 1 aromatic heterocycles. The zero-order valence-corrected chi connectivity index (χ0v) is 13.9. The van der Waals surface area contributed by atoms with Gasteiger partial charge in [-0.05, 0) is 12.5 Å². The fraction of sp³-hybridized carbons (Fsp3) is 0.353. The monoisotopic (exact) mass is 329 g/mol. The first-order valence-corrected chi connectivity index (χ1v) is 8.15. The topological polar surface area (TPSA) is 55.3 Å². The van der Waals surface area contributed by atoms with E-state index in [1.54, 1.807) is 4.90 Å². The molecule has 0 radical (unpaired) electrons. The standard InChI is InChI=1S/C17H19N3O2S/c1-2-22-17(21)20-9-8-14-13(11-20)16(23)15(19-18-14)10-12-6-4-3-5-7-12/h3-7H,2,8-11H2,1H3,(H,18,23). The van der Waals surface area contributed by atoms with Gasteiger partial charge in [0, 0.05) is 29.8 Å². The summed E-state index contributed by atoms with van der Waals surface area (Å²) in [6, 6.07) is 10.1. The first kappa shape index (κ1) is 15.8. The van der Waals surface area contributed by atoms with Gasteiger partial charge < -0.3 is 9.64 Å². The molecular formula is C17H19N3O2S. The molecule has 0 fully saturated rings. The summed E-state index contributed by atoms with van der Waals surface area (Å²) in [5.41, 5.74) is 3.90. The third-order valence-corrected chi connectivity index (χ3v) is 4.43. The van der Waals surface area contributed by atoms with Crippen LogP contribution in [0.4, 0.5) is 4.79 Å². The van der Waals surface area contributed by atoms with E-state index in [1.165, 1.54) is 0 Å². The third-order valence-electron chi connectivity index (χ3n) is 3.91. The molecule has 23 heavy (non-hydrogen) atoms. The molecule has 6 heteroatoms. The summed E-state index contributed by atoms with van der Waals surface area (Å²) in [6.07, 6.45) is 1.08. The van der Waals surface area contributed by atoms with Crippen LogP contribution in [0.25, 0.3) is 0 Å². The molecule has 1 aliphatic rings. The van der Waals surface area contributed by atoms with Crippen LogP contribution in [-0.4, -0.2) is 34.3 Å². The van der Waals surface area contributed by atoms with Crippen molar-refractivity contribution in [3.05, 3.63) is 52.8 Å². The summed E-state index contributed by atoms with van der Waals surface area (Å²) in [7, 11) is 0. The van der Waals surface area contributed by atoms with Crippen molar-refractivity contribution in [3.63, 3.8) is 0 Å². The Kier molecular flexibility index (Phi) is 4.81. The van der Waals surface area contributed by atoms with E-state index in [1.807, 2.05) is 25.1 Å². The molecule has 1 amide bonds. The fourth-order valence-electron chi connectivity index (χ4n) is 2.70. The number of amides is 1. The van der Waals surface area contributed by atoms with Gasteiger partial charge in [-0.1, -0.05) is 30.3 Å². The van der Waals surface area contributed by atoms with Crippen LogP contribution >= 0.6 is 12.6 Å². The average molecular weight is 329 g/mol. The van der Waals surface area contributed by atoms with Crippen molar-refractivity contribution in [2.75, 3.05) is 13.2 Å². The van der Waals surface area contributed by atoms with Crippen LogP contribution in [0.3, 0.4) is 0 Å². The van der Waals surface area contributed by atoms with Gasteiger partial charge in [-0.2, -0.15) is 10.2 Å². The number of rotatable bonds is 3. The second-order valence-corrected chi connectivity index (χ2v) is 5.90. The van der Waals surface area contributed by atoms with E-state index in [0.29, 0.717) is 32.5 Å². The Morgan fingerprint density at radius 3 is 2.83 bits per heavy atom. The molecule has 120 valence electrons. The Labute approximate surface area is 141 Å². The molecule has 0 aliphatic carbocycles. The highest BCUT2D eigenvalue weighted by Crippen LogP contribution is 2.27. The molecule has 0 spiro atoms. The van der Waals surface area contributed by atoms with Gasteiger partial charge in [-0.3, -0.25) is 0 Å². The quantitative estimate of drug-likeness (QED) is 0.880. The van der Waals surface area contributed by atoms with Gasteiger partial charge in [0.15, 0.2) is 0 Å². The zero-order valence-electron chi connectivity index (χ0n) is 13.0. The molecule has 5 nitrogen and oxygen atoms in total. The van der Waals surface area contributed by atoms with E-state index in [-0.39, 0.29) is 6.09 Å². The smallest absolute Gasteiger partial charge is 0.410 e. The second-order valence-electron chi connectivity index (χ2n) is 5.45. The number of aromatic nitrogens is 2. The summed E-state index contributed by atoms with van der Waals surface area (Å²) in [6.45, 7) is 3.27. The van der Waals surface area contributed by atoms with Crippen LogP contribution in [0.15, 0.2) is 35.2 Å². The van der Waals surface area contributed by atoms with Crippen molar-refractivity contribution in [2.45, 2.75) is 31.2 Å². The maximum absolute atomic E-state index is 11.9. The molecule has 3 rings (SSSR count). The lowest BCUT2D eigenvalue weighted by Gasteiger charge is -2.28. The van der Waals surface area contributed by atoms with Gasteiger partial charge in [0.1, 0.15) is 0 Å². The Hall–Kier alpha value is -2.08. The van der Waals surface area contributed by atoms with Gasteiger partial charge in [-0.15, -0.1) is 12.6 Å². The van der Waals surface area contributed by atoms with E-state index >= 15 is 0 Å². The minimum Gasteiger partial charge on any atom is -0.450 e. The first-order chi connectivity index (χ1) is 11.2. The third kappa shape index (κ3) is 3.47. The van der Waals surface area contributed by atoms with Crippen LogP contribution in [0.5, 0.6) is 0 Å². The number of carbonyl (C=O) groups excluding carboxylic acids is 1. The maximum atomic E-state index is 11.9. The van der Waals surface area contributed by atoms with Crippen molar-refractivity contribution in [1.82, 2.24) is 15.1 Å². The van der Waals surface area contributed by atoms with Crippen LogP contribution in [0.1, 0.15) is 29.4 Å². The number of nitrogens with zero attached hydrogens (tertiary/aromatic N) is 3. The van der Waals surface area contributed by atoms with Crippen LogP contribution in [0.2, 0.25) is 0 Å². The molecule has 1 aliphatic heterocycles. The predicted octanol–water partition coefficient (Wildman–Crippen LogP) is 2.87. The number of hydrogen-bond donors (Lipinski definition) is 1. The van der Waals surface area contributed by atoms with E-state index in [0.717, 1.165) is 27.4 Å². The first-order valence-electron chi connectivity index (χ1n) is 7.71. The van der Waals surface area contributed by atoms with Crippen molar-refractivity contribution in [1.29, 1.82) is 0 Å². The summed E-state index contributed by atoms with van der Waals surface area (Å²) in [5, 5.41) is 8.67. The highest BCUT2D eigenvalue weighted by atomic mass is 32.1. The normalized spacial score (nSPS) is 13.6. The molecule has 0 saturated heterocycles. The van der Waals surface area contributed by atoms with Crippen LogP contribution in [0, 0.1) is 0 Å². The number of fused-ring (bicyclic) bond motifs is 1. The van der Waals surface area contributed by atoms with Gasteiger partial charge in [-0.25, -0.2) is 4.79 Å². The summed E-state index contributed by atoms with van der Waals surface area (Å²) in [5.74, 6) is 0. The van der Waals surface area contributed by atoms with Crippen molar-refractivity contribution >= 4 is 18.7 Å². The molecular weight excluding hydrogens is 310 g/mol. The van der Waals surface area contributed by atoms with Gasteiger partial charge in [0.05, 0.1) is 24.5 Å². The highest BCUT2D eigenvalue weighted by molar-refractivity contribution is 7.80. The minimum atomic E-state index is -0.285. The largest absolute Gasteiger partial charge is 0.450 e. The van der Waals surface area contributed by atoms with Crippen LogP contribution < -0.4 is 0 Å². The van der Waals surface area contributed by atoms with Crippen molar-refractivity contribution in [2.24, 2.45) is 0 Å². The fourth-order valence-corrected chi connectivity index (χ4v) is 3.02. The Balaban J connectivity index is 1.84. The Morgan fingerprint density at radius 2 is 2.09 bits per heavy atom. The van der Waals surface area contributed by atoms with Crippen molar-refractivity contribution < 1.29 is 9.53 Å². The molecule has 2 heterocycles. The SMILES string of the molecule is CCOC(=O)N1CCc2nnc(Cc3ccccc3)c(S)c2C1. The molecule has 0 unspecified atom stereocenters. The van der Waals surface area contributed by atoms with Crippen LogP contribution in [-0.2, 0) is 24.1 Å². The molecule has 0 N–H and O–H groups in total. The lowest BCUT2D eigenvalue weighted by molar-refractivity contribution is 0.102. The number of ether oxygens (including phenoxy) is 1.